The largest absolute Gasteiger partial charge is 0.393 e. The number of hydrogen-bond acceptors (Lipinski definition) is 3. The summed E-state index contributed by atoms with van der Waals surface area (Å²) in [6.45, 7) is 0. The second-order valence-electron chi connectivity index (χ2n) is 4.42. The van der Waals surface area contributed by atoms with Crippen molar-refractivity contribution in [2.75, 3.05) is 0 Å². The minimum absolute atomic E-state index is 0.101. The third-order valence-corrected chi connectivity index (χ3v) is 3.17. The molecular formula is C10H19NO2. The summed E-state index contributed by atoms with van der Waals surface area (Å²) >= 11 is 0. The first-order valence-corrected chi connectivity index (χ1v) is 5.33. The second-order valence-corrected chi connectivity index (χ2v) is 4.42. The summed E-state index contributed by atoms with van der Waals surface area (Å²) in [6, 6.07) is 0.395. The lowest BCUT2D eigenvalue weighted by molar-refractivity contribution is -0.112. The molecule has 0 unspecified atom stereocenters. The zero-order chi connectivity index (χ0) is 9.26. The molecule has 0 spiro atoms. The summed E-state index contributed by atoms with van der Waals surface area (Å²) in [5, 5.41) is 9.09. The first-order chi connectivity index (χ1) is 6.24. The average Bonchev–Trinajstić information content (AvgIpc) is 2.06. The van der Waals surface area contributed by atoms with Crippen LogP contribution in [0.2, 0.25) is 0 Å². The van der Waals surface area contributed by atoms with Gasteiger partial charge >= 0.3 is 0 Å². The molecule has 76 valence electrons. The Balaban J connectivity index is 1.65. The molecule has 0 saturated heterocycles. The van der Waals surface area contributed by atoms with Gasteiger partial charge in [0.05, 0.1) is 18.3 Å². The van der Waals surface area contributed by atoms with Gasteiger partial charge in [-0.05, 0) is 38.5 Å². The fraction of sp³-hybridized carbons (Fsp3) is 1.00. The number of nitrogens with two attached hydrogens (primary N) is 1. The molecule has 0 bridgehead atoms. The van der Waals surface area contributed by atoms with Gasteiger partial charge in [0, 0.05) is 6.04 Å². The SMILES string of the molecule is NC1CCC(OC2CC(O)C2)CC1. The molecule has 3 nitrogen and oxygen atoms in total. The van der Waals surface area contributed by atoms with Gasteiger partial charge in [0.25, 0.3) is 0 Å². The van der Waals surface area contributed by atoms with Crippen molar-refractivity contribution in [3.63, 3.8) is 0 Å². The highest BCUT2D eigenvalue weighted by atomic mass is 16.5. The second kappa shape index (κ2) is 3.95. The highest BCUT2D eigenvalue weighted by molar-refractivity contribution is 4.82. The standard InChI is InChI=1S/C10H19NO2/c11-7-1-3-9(4-2-7)13-10-5-8(12)6-10/h7-10,12H,1-6,11H2. The molecule has 0 aliphatic heterocycles. The van der Waals surface area contributed by atoms with Gasteiger partial charge in [0.15, 0.2) is 0 Å². The first kappa shape index (κ1) is 9.44. The van der Waals surface area contributed by atoms with Crippen LogP contribution in [0.25, 0.3) is 0 Å². The van der Waals surface area contributed by atoms with Crippen molar-refractivity contribution in [3.05, 3.63) is 0 Å². The third kappa shape index (κ3) is 2.42. The van der Waals surface area contributed by atoms with E-state index in [1.54, 1.807) is 0 Å². The minimum Gasteiger partial charge on any atom is -0.393 e. The van der Waals surface area contributed by atoms with E-state index < -0.39 is 0 Å². The number of hydrogen-bond donors (Lipinski definition) is 2. The summed E-state index contributed by atoms with van der Waals surface area (Å²) in [5.74, 6) is 0. The summed E-state index contributed by atoms with van der Waals surface area (Å²) in [4.78, 5) is 0. The van der Waals surface area contributed by atoms with Crippen LogP contribution in [0.5, 0.6) is 0 Å². The average molecular weight is 185 g/mol. The van der Waals surface area contributed by atoms with Gasteiger partial charge in [-0.3, -0.25) is 0 Å². The Hall–Kier alpha value is -0.120. The molecule has 3 heteroatoms. The van der Waals surface area contributed by atoms with Crippen molar-refractivity contribution >= 4 is 0 Å². The summed E-state index contributed by atoms with van der Waals surface area (Å²) in [6.07, 6.45) is 6.72. The quantitative estimate of drug-likeness (QED) is 0.669. The lowest BCUT2D eigenvalue weighted by Gasteiger charge is -2.36. The zero-order valence-corrected chi connectivity index (χ0v) is 7.98. The highest BCUT2D eigenvalue weighted by Crippen LogP contribution is 2.28. The van der Waals surface area contributed by atoms with E-state index in [1.807, 2.05) is 0 Å². The Labute approximate surface area is 79.3 Å². The summed E-state index contributed by atoms with van der Waals surface area (Å²) < 4.78 is 5.83. The first-order valence-electron chi connectivity index (χ1n) is 5.33. The maximum Gasteiger partial charge on any atom is 0.0628 e. The molecule has 2 fully saturated rings. The molecule has 0 amide bonds. The van der Waals surface area contributed by atoms with Gasteiger partial charge < -0.3 is 15.6 Å². The Morgan fingerprint density at radius 2 is 1.62 bits per heavy atom. The van der Waals surface area contributed by atoms with Crippen molar-refractivity contribution < 1.29 is 9.84 Å². The normalized spacial score (nSPS) is 45.7. The highest BCUT2D eigenvalue weighted by Gasteiger charge is 2.31. The van der Waals surface area contributed by atoms with Crippen molar-refractivity contribution in [1.29, 1.82) is 0 Å². The molecule has 2 aliphatic rings. The fourth-order valence-electron chi connectivity index (χ4n) is 2.15. The van der Waals surface area contributed by atoms with Gasteiger partial charge in [-0.15, -0.1) is 0 Å². The molecule has 0 atom stereocenters. The monoisotopic (exact) mass is 185 g/mol. The molecule has 0 radical (unpaired) electrons. The third-order valence-electron chi connectivity index (χ3n) is 3.17. The van der Waals surface area contributed by atoms with E-state index in [4.69, 9.17) is 15.6 Å². The lowest BCUT2D eigenvalue weighted by Crippen LogP contribution is -2.40. The molecule has 13 heavy (non-hydrogen) atoms. The van der Waals surface area contributed by atoms with Gasteiger partial charge in [0.1, 0.15) is 0 Å². The lowest BCUT2D eigenvalue weighted by atomic mass is 9.90. The van der Waals surface area contributed by atoms with Crippen molar-refractivity contribution in [3.8, 4) is 0 Å². The Morgan fingerprint density at radius 1 is 1.00 bits per heavy atom. The fourth-order valence-corrected chi connectivity index (χ4v) is 2.15. The molecule has 2 saturated carbocycles. The Kier molecular flexibility index (Phi) is 2.86. The predicted molar refractivity (Wildman–Crippen MR) is 50.3 cm³/mol. The molecule has 3 N–H and O–H groups in total. The van der Waals surface area contributed by atoms with Gasteiger partial charge in [-0.1, -0.05) is 0 Å². The smallest absolute Gasteiger partial charge is 0.0628 e. The predicted octanol–water partition coefficient (Wildman–Crippen LogP) is 0.796. The molecular weight excluding hydrogens is 166 g/mol. The van der Waals surface area contributed by atoms with E-state index in [0.717, 1.165) is 38.5 Å². The van der Waals surface area contributed by atoms with E-state index in [2.05, 4.69) is 0 Å². The van der Waals surface area contributed by atoms with Crippen molar-refractivity contribution in [2.45, 2.75) is 62.9 Å². The van der Waals surface area contributed by atoms with E-state index in [0.29, 0.717) is 18.2 Å². The molecule has 2 rings (SSSR count). The van der Waals surface area contributed by atoms with E-state index in [-0.39, 0.29) is 6.10 Å². The van der Waals surface area contributed by atoms with Crippen LogP contribution in [0.1, 0.15) is 38.5 Å². The van der Waals surface area contributed by atoms with E-state index >= 15 is 0 Å². The van der Waals surface area contributed by atoms with Gasteiger partial charge in [-0.25, -0.2) is 0 Å². The molecule has 0 heterocycles. The molecule has 0 aromatic carbocycles. The number of ether oxygens (including phenoxy) is 1. The van der Waals surface area contributed by atoms with Crippen LogP contribution >= 0.6 is 0 Å². The van der Waals surface area contributed by atoms with E-state index in [1.165, 1.54) is 0 Å². The number of aliphatic hydroxyl groups excluding tert-OH is 1. The molecule has 0 aromatic heterocycles. The Bertz CT molecular complexity index is 160. The van der Waals surface area contributed by atoms with Gasteiger partial charge in [-0.2, -0.15) is 0 Å². The van der Waals surface area contributed by atoms with Crippen LogP contribution in [0.4, 0.5) is 0 Å². The number of rotatable bonds is 2. The van der Waals surface area contributed by atoms with Crippen LogP contribution in [-0.4, -0.2) is 29.5 Å². The van der Waals surface area contributed by atoms with Crippen LogP contribution in [0, 0.1) is 0 Å². The maximum absolute atomic E-state index is 9.09. The van der Waals surface area contributed by atoms with Gasteiger partial charge in [0.2, 0.25) is 0 Å². The zero-order valence-electron chi connectivity index (χ0n) is 7.98. The van der Waals surface area contributed by atoms with Crippen LogP contribution < -0.4 is 5.73 Å². The minimum atomic E-state index is -0.101. The van der Waals surface area contributed by atoms with Crippen LogP contribution in [0.15, 0.2) is 0 Å². The maximum atomic E-state index is 9.09. The molecule has 2 aliphatic carbocycles. The van der Waals surface area contributed by atoms with E-state index in [9.17, 15) is 0 Å². The summed E-state index contributed by atoms with van der Waals surface area (Å²) in [7, 11) is 0. The van der Waals surface area contributed by atoms with Crippen LogP contribution in [-0.2, 0) is 4.74 Å². The van der Waals surface area contributed by atoms with Crippen LogP contribution in [0.3, 0.4) is 0 Å². The van der Waals surface area contributed by atoms with Crippen molar-refractivity contribution in [2.24, 2.45) is 5.73 Å². The molecule has 0 aromatic rings. The Morgan fingerprint density at radius 3 is 2.15 bits per heavy atom. The number of aliphatic hydroxyl groups is 1. The van der Waals surface area contributed by atoms with Crippen molar-refractivity contribution in [1.82, 2.24) is 0 Å². The summed E-state index contributed by atoms with van der Waals surface area (Å²) in [5.41, 5.74) is 5.80. The topological polar surface area (TPSA) is 55.5 Å².